The Morgan fingerprint density at radius 1 is 1.40 bits per heavy atom. The van der Waals surface area contributed by atoms with Gasteiger partial charge in [0.1, 0.15) is 9.84 Å². The van der Waals surface area contributed by atoms with Crippen molar-refractivity contribution >= 4 is 27.1 Å². The van der Waals surface area contributed by atoms with E-state index in [1.807, 2.05) is 0 Å². The van der Waals surface area contributed by atoms with Crippen LogP contribution in [0.4, 0.5) is 0 Å². The summed E-state index contributed by atoms with van der Waals surface area (Å²) in [6.45, 7) is 5.68. The minimum Gasteiger partial charge on any atom is -0.355 e. The highest BCUT2D eigenvalue weighted by Gasteiger charge is 2.25. The first-order valence-corrected chi connectivity index (χ1v) is 11.7. The summed E-state index contributed by atoms with van der Waals surface area (Å²) in [5, 5.41) is 8.56. The Kier molecular flexibility index (Phi) is 7.71. The van der Waals surface area contributed by atoms with Gasteiger partial charge in [0.25, 0.3) is 0 Å². The number of thiophene rings is 1. The highest BCUT2D eigenvalue weighted by Crippen LogP contribution is 2.28. The van der Waals surface area contributed by atoms with Crippen molar-refractivity contribution in [2.24, 2.45) is 10.9 Å². The summed E-state index contributed by atoms with van der Waals surface area (Å²) in [6.07, 6.45) is 3.72. The molecule has 0 bridgehead atoms. The maximum absolute atomic E-state index is 11.3. The van der Waals surface area contributed by atoms with Gasteiger partial charge in [0, 0.05) is 31.3 Å². The van der Waals surface area contributed by atoms with Crippen LogP contribution < -0.4 is 10.6 Å². The fourth-order valence-electron chi connectivity index (χ4n) is 3.00. The Bertz CT molecular complexity index is 636. The minimum atomic E-state index is -2.97. The minimum absolute atomic E-state index is 0.103. The molecule has 1 aromatic heterocycles. The standard InChI is InChI=1S/C17H30N4O2S2/c1-14-6-9-21(10-7-14)15(16-5-4-11-24-16)13-20-17(18-2)19-8-12-25(3,22)23/h4-5,11,14-15H,6-10,12-13H2,1-3H3,(H2,18,19,20). The summed E-state index contributed by atoms with van der Waals surface area (Å²) < 4.78 is 22.5. The van der Waals surface area contributed by atoms with Crippen LogP contribution >= 0.6 is 11.3 Å². The Hall–Kier alpha value is -1.12. The van der Waals surface area contributed by atoms with E-state index in [0.717, 1.165) is 25.6 Å². The average molecular weight is 387 g/mol. The molecule has 1 unspecified atom stereocenters. The van der Waals surface area contributed by atoms with Gasteiger partial charge >= 0.3 is 0 Å². The van der Waals surface area contributed by atoms with Crippen LogP contribution in [0.25, 0.3) is 0 Å². The molecule has 25 heavy (non-hydrogen) atoms. The number of nitrogens with zero attached hydrogens (tertiary/aromatic N) is 2. The quantitative estimate of drug-likeness (QED) is 0.551. The molecule has 0 amide bonds. The van der Waals surface area contributed by atoms with Gasteiger partial charge in [0.05, 0.1) is 11.8 Å². The fraction of sp³-hybridized carbons (Fsp3) is 0.706. The molecule has 142 valence electrons. The van der Waals surface area contributed by atoms with Gasteiger partial charge in [0.2, 0.25) is 0 Å². The van der Waals surface area contributed by atoms with E-state index in [0.29, 0.717) is 18.5 Å². The zero-order valence-corrected chi connectivity index (χ0v) is 17.0. The first kappa shape index (κ1) is 20.2. The summed E-state index contributed by atoms with van der Waals surface area (Å²) in [4.78, 5) is 8.10. The van der Waals surface area contributed by atoms with Crippen molar-refractivity contribution in [3.8, 4) is 0 Å². The molecule has 1 fully saturated rings. The highest BCUT2D eigenvalue weighted by molar-refractivity contribution is 7.90. The molecule has 1 aliphatic heterocycles. The molecule has 1 aromatic rings. The second-order valence-electron chi connectivity index (χ2n) is 6.76. The van der Waals surface area contributed by atoms with E-state index in [4.69, 9.17) is 0 Å². The van der Waals surface area contributed by atoms with E-state index in [1.165, 1.54) is 24.0 Å². The van der Waals surface area contributed by atoms with Crippen LogP contribution in [-0.4, -0.2) is 64.5 Å². The van der Waals surface area contributed by atoms with Gasteiger partial charge in [-0.3, -0.25) is 9.89 Å². The largest absolute Gasteiger partial charge is 0.355 e. The number of piperidine rings is 1. The van der Waals surface area contributed by atoms with Crippen LogP contribution in [0.3, 0.4) is 0 Å². The SMILES string of the molecule is CN=C(NCCS(C)(=O)=O)NCC(c1cccs1)N1CCC(C)CC1. The Morgan fingerprint density at radius 2 is 2.12 bits per heavy atom. The summed E-state index contributed by atoms with van der Waals surface area (Å²) >= 11 is 1.78. The molecule has 2 N–H and O–H groups in total. The van der Waals surface area contributed by atoms with Crippen molar-refractivity contribution in [2.45, 2.75) is 25.8 Å². The van der Waals surface area contributed by atoms with E-state index in [1.54, 1.807) is 18.4 Å². The van der Waals surface area contributed by atoms with Gasteiger partial charge in [0.15, 0.2) is 5.96 Å². The molecule has 0 aromatic carbocycles. The third-order valence-corrected chi connectivity index (χ3v) is 6.50. The maximum Gasteiger partial charge on any atom is 0.191 e. The molecule has 8 heteroatoms. The van der Waals surface area contributed by atoms with Crippen molar-refractivity contribution in [3.05, 3.63) is 22.4 Å². The molecule has 0 saturated carbocycles. The summed E-state index contributed by atoms with van der Waals surface area (Å²) in [6, 6.07) is 4.61. The Balaban J connectivity index is 1.92. The number of nitrogens with one attached hydrogen (secondary N) is 2. The van der Waals surface area contributed by atoms with Gasteiger partial charge in [-0.25, -0.2) is 8.42 Å². The number of aliphatic imine (C=N–C) groups is 1. The number of likely N-dealkylation sites (tertiary alicyclic amines) is 1. The molecule has 0 spiro atoms. The molecule has 1 saturated heterocycles. The van der Waals surface area contributed by atoms with Gasteiger partial charge in [-0.1, -0.05) is 13.0 Å². The van der Waals surface area contributed by atoms with Crippen LogP contribution in [0.1, 0.15) is 30.7 Å². The predicted molar refractivity (Wildman–Crippen MR) is 106 cm³/mol. The molecule has 2 rings (SSSR count). The van der Waals surface area contributed by atoms with Crippen molar-refractivity contribution in [1.29, 1.82) is 0 Å². The molecule has 2 heterocycles. The van der Waals surface area contributed by atoms with Crippen LogP contribution in [0.5, 0.6) is 0 Å². The molecule has 6 nitrogen and oxygen atoms in total. The zero-order chi connectivity index (χ0) is 18.3. The molecule has 0 aliphatic carbocycles. The first-order valence-electron chi connectivity index (χ1n) is 8.78. The average Bonchev–Trinajstić information content (AvgIpc) is 3.08. The van der Waals surface area contributed by atoms with Crippen LogP contribution in [0, 0.1) is 5.92 Å². The molecule has 0 radical (unpaired) electrons. The highest BCUT2D eigenvalue weighted by atomic mass is 32.2. The van der Waals surface area contributed by atoms with Crippen molar-refractivity contribution in [2.75, 3.05) is 45.2 Å². The Labute approximate surface area is 155 Å². The lowest BCUT2D eigenvalue weighted by Crippen LogP contribution is -2.45. The van der Waals surface area contributed by atoms with Gasteiger partial charge in [-0.2, -0.15) is 0 Å². The maximum atomic E-state index is 11.3. The lowest BCUT2D eigenvalue weighted by atomic mass is 9.97. The number of rotatable bonds is 7. The lowest BCUT2D eigenvalue weighted by molar-refractivity contribution is 0.140. The zero-order valence-electron chi connectivity index (χ0n) is 15.4. The van der Waals surface area contributed by atoms with E-state index in [-0.39, 0.29) is 5.75 Å². The number of guanidine groups is 1. The summed E-state index contributed by atoms with van der Waals surface area (Å²) in [7, 11) is -1.26. The second kappa shape index (κ2) is 9.54. The van der Waals surface area contributed by atoms with E-state index in [9.17, 15) is 8.42 Å². The van der Waals surface area contributed by atoms with Crippen molar-refractivity contribution in [3.63, 3.8) is 0 Å². The smallest absolute Gasteiger partial charge is 0.191 e. The lowest BCUT2D eigenvalue weighted by Gasteiger charge is -2.36. The molecule has 1 aliphatic rings. The predicted octanol–water partition coefficient (Wildman–Crippen LogP) is 1.73. The molecule has 1 atom stereocenters. The summed E-state index contributed by atoms with van der Waals surface area (Å²) in [5.74, 6) is 1.56. The van der Waals surface area contributed by atoms with Gasteiger partial charge in [-0.15, -0.1) is 11.3 Å². The monoisotopic (exact) mass is 386 g/mol. The topological polar surface area (TPSA) is 73.8 Å². The van der Waals surface area contributed by atoms with E-state index < -0.39 is 9.84 Å². The van der Waals surface area contributed by atoms with Gasteiger partial charge < -0.3 is 10.6 Å². The number of hydrogen-bond donors (Lipinski definition) is 2. The van der Waals surface area contributed by atoms with Crippen LogP contribution in [-0.2, 0) is 9.84 Å². The third kappa shape index (κ3) is 6.95. The van der Waals surface area contributed by atoms with E-state index >= 15 is 0 Å². The van der Waals surface area contributed by atoms with Crippen LogP contribution in [0.2, 0.25) is 0 Å². The third-order valence-electron chi connectivity index (χ3n) is 4.58. The molecular weight excluding hydrogens is 356 g/mol. The second-order valence-corrected chi connectivity index (χ2v) is 10.00. The Morgan fingerprint density at radius 3 is 2.68 bits per heavy atom. The van der Waals surface area contributed by atoms with Crippen molar-refractivity contribution in [1.82, 2.24) is 15.5 Å². The van der Waals surface area contributed by atoms with Crippen LogP contribution in [0.15, 0.2) is 22.5 Å². The summed E-state index contributed by atoms with van der Waals surface area (Å²) in [5.41, 5.74) is 0. The molecular formula is C17H30N4O2S2. The van der Waals surface area contributed by atoms with Gasteiger partial charge in [-0.05, 0) is 43.3 Å². The first-order chi connectivity index (χ1) is 11.9. The number of hydrogen-bond acceptors (Lipinski definition) is 5. The fourth-order valence-corrected chi connectivity index (χ4v) is 4.33. The van der Waals surface area contributed by atoms with Crippen molar-refractivity contribution < 1.29 is 8.42 Å². The number of sulfone groups is 1. The normalized spacial score (nSPS) is 18.9. The van der Waals surface area contributed by atoms with E-state index in [2.05, 4.69) is 45.0 Å².